The summed E-state index contributed by atoms with van der Waals surface area (Å²) < 4.78 is 0. The summed E-state index contributed by atoms with van der Waals surface area (Å²) in [6.07, 6.45) is 4.08. The summed E-state index contributed by atoms with van der Waals surface area (Å²) in [6.45, 7) is 3.68. The predicted molar refractivity (Wildman–Crippen MR) is 78.2 cm³/mol. The molecule has 2 rings (SSSR count). The minimum absolute atomic E-state index is 0.0339. The Morgan fingerprint density at radius 3 is 2.71 bits per heavy atom. The minimum Gasteiger partial charge on any atom is -0.409 e. The van der Waals surface area contributed by atoms with Crippen molar-refractivity contribution in [3.8, 4) is 0 Å². The van der Waals surface area contributed by atoms with Crippen LogP contribution < -0.4 is 5.73 Å². The van der Waals surface area contributed by atoms with Gasteiger partial charge in [0, 0.05) is 6.04 Å². The fourth-order valence-electron chi connectivity index (χ4n) is 2.71. The maximum atomic E-state index is 12.8. The van der Waals surface area contributed by atoms with Gasteiger partial charge in [0.05, 0.1) is 23.5 Å². The summed E-state index contributed by atoms with van der Waals surface area (Å²) in [7, 11) is 0. The number of amidine groups is 1. The lowest BCUT2D eigenvalue weighted by atomic mass is 10.1. The number of carbonyl (C=O) groups is 1. The maximum absolute atomic E-state index is 12.8. The van der Waals surface area contributed by atoms with Crippen LogP contribution in [0.4, 0.5) is 0 Å². The zero-order chi connectivity index (χ0) is 15.4. The molecule has 3 N–H and O–H groups in total. The summed E-state index contributed by atoms with van der Waals surface area (Å²) in [6, 6.07) is 1.87. The summed E-state index contributed by atoms with van der Waals surface area (Å²) in [5.41, 5.74) is 7.42. The van der Waals surface area contributed by atoms with Gasteiger partial charge in [-0.25, -0.2) is 0 Å². The largest absolute Gasteiger partial charge is 0.409 e. The first-order valence-electron chi connectivity index (χ1n) is 7.11. The topological polar surface area (TPSA) is 105 Å². The summed E-state index contributed by atoms with van der Waals surface area (Å²) in [5, 5.41) is 19.7. The molecule has 114 valence electrons. The van der Waals surface area contributed by atoms with Crippen molar-refractivity contribution in [2.75, 3.05) is 6.54 Å². The van der Waals surface area contributed by atoms with E-state index in [9.17, 15) is 4.79 Å². The van der Waals surface area contributed by atoms with Crippen LogP contribution in [-0.2, 0) is 0 Å². The van der Waals surface area contributed by atoms with Gasteiger partial charge in [-0.3, -0.25) is 4.79 Å². The Labute approximate surface area is 123 Å². The van der Waals surface area contributed by atoms with Crippen molar-refractivity contribution in [1.29, 1.82) is 0 Å². The Kier molecular flexibility index (Phi) is 4.72. The van der Waals surface area contributed by atoms with Crippen LogP contribution in [0.15, 0.2) is 11.2 Å². The van der Waals surface area contributed by atoms with Gasteiger partial charge < -0.3 is 15.8 Å². The molecule has 0 bridgehead atoms. The van der Waals surface area contributed by atoms with Crippen LogP contribution in [0.3, 0.4) is 0 Å². The highest BCUT2D eigenvalue weighted by Gasteiger charge is 2.29. The molecule has 0 saturated heterocycles. The lowest BCUT2D eigenvalue weighted by Gasteiger charge is -2.28. The average molecular weight is 291 g/mol. The number of oxime groups is 1. The van der Waals surface area contributed by atoms with Gasteiger partial charge in [0.1, 0.15) is 0 Å². The second kappa shape index (κ2) is 6.51. The van der Waals surface area contributed by atoms with Crippen molar-refractivity contribution in [3.05, 3.63) is 23.0 Å². The summed E-state index contributed by atoms with van der Waals surface area (Å²) >= 11 is 0. The molecule has 1 fully saturated rings. The number of hydrogen-bond acceptors (Lipinski definition) is 5. The van der Waals surface area contributed by atoms with E-state index in [0.717, 1.165) is 25.7 Å². The number of nitrogens with two attached hydrogens (primary N) is 1. The minimum atomic E-state index is -0.135. The molecule has 1 saturated carbocycles. The SMILES string of the molecule is Cc1cc(C(=O)N(C/C(N)=N/O)C2CCCC2)c(C)nn1. The van der Waals surface area contributed by atoms with Crippen LogP contribution in [0, 0.1) is 13.8 Å². The van der Waals surface area contributed by atoms with Gasteiger partial charge in [0.2, 0.25) is 0 Å². The van der Waals surface area contributed by atoms with Crippen LogP contribution in [0.2, 0.25) is 0 Å². The molecular formula is C14H21N5O2. The van der Waals surface area contributed by atoms with Crippen LogP contribution in [0.25, 0.3) is 0 Å². The Morgan fingerprint density at radius 1 is 1.43 bits per heavy atom. The molecule has 1 heterocycles. The molecule has 1 aromatic heterocycles. The predicted octanol–water partition coefficient (Wildman–Crippen LogP) is 1.22. The van der Waals surface area contributed by atoms with Crippen LogP contribution in [0.5, 0.6) is 0 Å². The van der Waals surface area contributed by atoms with Gasteiger partial charge in [-0.2, -0.15) is 10.2 Å². The number of aryl methyl sites for hydroxylation is 2. The van der Waals surface area contributed by atoms with E-state index in [1.807, 2.05) is 0 Å². The van der Waals surface area contributed by atoms with Crippen molar-refractivity contribution in [3.63, 3.8) is 0 Å². The van der Waals surface area contributed by atoms with E-state index in [0.29, 0.717) is 17.0 Å². The van der Waals surface area contributed by atoms with Crippen LogP contribution in [0.1, 0.15) is 47.4 Å². The quantitative estimate of drug-likeness (QED) is 0.375. The molecule has 0 atom stereocenters. The van der Waals surface area contributed by atoms with Crippen LogP contribution in [-0.4, -0.2) is 44.6 Å². The fourth-order valence-corrected chi connectivity index (χ4v) is 2.71. The van der Waals surface area contributed by atoms with E-state index in [1.165, 1.54) is 0 Å². The van der Waals surface area contributed by atoms with Crippen molar-refractivity contribution < 1.29 is 10.0 Å². The van der Waals surface area contributed by atoms with E-state index in [2.05, 4.69) is 15.4 Å². The average Bonchev–Trinajstić information content (AvgIpc) is 3.00. The first-order valence-corrected chi connectivity index (χ1v) is 7.11. The second-order valence-corrected chi connectivity index (χ2v) is 5.45. The first kappa shape index (κ1) is 15.2. The van der Waals surface area contributed by atoms with Crippen molar-refractivity contribution in [1.82, 2.24) is 15.1 Å². The number of aromatic nitrogens is 2. The molecule has 1 aliphatic rings. The Morgan fingerprint density at radius 2 is 2.10 bits per heavy atom. The van der Waals surface area contributed by atoms with Gasteiger partial charge in [-0.05, 0) is 32.8 Å². The zero-order valence-electron chi connectivity index (χ0n) is 12.4. The molecule has 0 aliphatic heterocycles. The third-order valence-electron chi connectivity index (χ3n) is 3.82. The van der Waals surface area contributed by atoms with E-state index < -0.39 is 0 Å². The normalized spacial score (nSPS) is 16.2. The van der Waals surface area contributed by atoms with E-state index in [-0.39, 0.29) is 24.3 Å². The number of hydrogen-bond donors (Lipinski definition) is 2. The van der Waals surface area contributed by atoms with E-state index in [4.69, 9.17) is 10.9 Å². The maximum Gasteiger partial charge on any atom is 0.256 e. The van der Waals surface area contributed by atoms with Crippen molar-refractivity contribution in [2.24, 2.45) is 10.9 Å². The molecule has 1 aliphatic carbocycles. The number of amides is 1. The van der Waals surface area contributed by atoms with E-state index in [1.54, 1.807) is 24.8 Å². The molecule has 7 nitrogen and oxygen atoms in total. The second-order valence-electron chi connectivity index (χ2n) is 5.45. The Bertz CT molecular complexity index is 552. The van der Waals surface area contributed by atoms with Gasteiger partial charge in [-0.1, -0.05) is 18.0 Å². The molecule has 0 unspecified atom stereocenters. The molecule has 7 heteroatoms. The van der Waals surface area contributed by atoms with Crippen molar-refractivity contribution in [2.45, 2.75) is 45.6 Å². The highest BCUT2D eigenvalue weighted by Crippen LogP contribution is 2.25. The molecule has 1 aromatic rings. The monoisotopic (exact) mass is 291 g/mol. The lowest BCUT2D eigenvalue weighted by Crippen LogP contribution is -2.44. The first-order chi connectivity index (χ1) is 10.0. The highest BCUT2D eigenvalue weighted by molar-refractivity contribution is 5.98. The molecule has 0 aromatic carbocycles. The summed E-state index contributed by atoms with van der Waals surface area (Å²) in [5.74, 6) is -0.101. The lowest BCUT2D eigenvalue weighted by molar-refractivity contribution is 0.0710. The standard InChI is InChI=1S/C14H21N5O2/c1-9-7-12(10(2)17-16-9)14(20)19(8-13(15)18-21)11-5-3-4-6-11/h7,11,21H,3-6,8H2,1-2H3,(H2,15,18). The Hall–Kier alpha value is -2.18. The Balaban J connectivity index is 2.30. The highest BCUT2D eigenvalue weighted by atomic mass is 16.4. The molecule has 0 radical (unpaired) electrons. The van der Waals surface area contributed by atoms with Gasteiger partial charge >= 0.3 is 0 Å². The number of rotatable bonds is 4. The smallest absolute Gasteiger partial charge is 0.256 e. The molecule has 1 amide bonds. The van der Waals surface area contributed by atoms with Gasteiger partial charge in [0.25, 0.3) is 5.91 Å². The number of carbonyl (C=O) groups excluding carboxylic acids is 1. The van der Waals surface area contributed by atoms with Gasteiger partial charge in [-0.15, -0.1) is 0 Å². The molecule has 0 spiro atoms. The van der Waals surface area contributed by atoms with E-state index >= 15 is 0 Å². The van der Waals surface area contributed by atoms with Gasteiger partial charge in [0.15, 0.2) is 5.84 Å². The third kappa shape index (κ3) is 3.48. The van der Waals surface area contributed by atoms with Crippen LogP contribution >= 0.6 is 0 Å². The summed E-state index contributed by atoms with van der Waals surface area (Å²) in [4.78, 5) is 14.5. The molecule has 21 heavy (non-hydrogen) atoms. The third-order valence-corrected chi connectivity index (χ3v) is 3.82. The zero-order valence-corrected chi connectivity index (χ0v) is 12.4. The fraction of sp³-hybridized carbons (Fsp3) is 0.571. The number of nitrogens with zero attached hydrogens (tertiary/aromatic N) is 4. The molecular weight excluding hydrogens is 270 g/mol. The van der Waals surface area contributed by atoms with Crippen molar-refractivity contribution >= 4 is 11.7 Å².